The Morgan fingerprint density at radius 1 is 1.45 bits per heavy atom. The molecule has 1 nitrogen and oxygen atoms in total. The van der Waals surface area contributed by atoms with Crippen LogP contribution in [-0.4, -0.2) is 10.7 Å². The van der Waals surface area contributed by atoms with Crippen LogP contribution in [0.1, 0.15) is 47.0 Å². The monoisotopic (exact) mass is 158 g/mol. The van der Waals surface area contributed by atoms with Gasteiger partial charge in [-0.25, -0.2) is 0 Å². The van der Waals surface area contributed by atoms with Gasteiger partial charge in [0, 0.05) is 0 Å². The van der Waals surface area contributed by atoms with Crippen molar-refractivity contribution in [2.24, 2.45) is 0 Å². The van der Waals surface area contributed by atoms with Gasteiger partial charge in [0.15, 0.2) is 0 Å². The van der Waals surface area contributed by atoms with E-state index in [4.69, 9.17) is 0 Å². The molecule has 0 aromatic carbocycles. The van der Waals surface area contributed by atoms with Crippen LogP contribution in [0.2, 0.25) is 0 Å². The molecular weight excluding hydrogens is 136 g/mol. The quantitative estimate of drug-likeness (QED) is 0.481. The van der Waals surface area contributed by atoms with Gasteiger partial charge in [0.05, 0.1) is 5.60 Å². The number of rotatable bonds is 5. The molecule has 1 heteroatoms. The summed E-state index contributed by atoms with van der Waals surface area (Å²) in [6.07, 6.45) is 5.94. The van der Waals surface area contributed by atoms with E-state index < -0.39 is 5.60 Å². The Kier molecular flexibility index (Phi) is 7.75. The predicted molar refractivity (Wildman–Crippen MR) is 51.7 cm³/mol. The molecule has 0 heterocycles. The standard InChI is InChI=1S/C9H18O.CH4/c1-4-6-7-8-9(3,10)5-2;/h5,10H,2,4,6-8H2,1,3H3;1H4. The van der Waals surface area contributed by atoms with Crippen molar-refractivity contribution in [3.05, 3.63) is 12.7 Å². The smallest absolute Gasteiger partial charge is 0.0797 e. The van der Waals surface area contributed by atoms with E-state index in [0.717, 1.165) is 12.8 Å². The summed E-state index contributed by atoms with van der Waals surface area (Å²) in [6, 6.07) is 0. The van der Waals surface area contributed by atoms with Crippen LogP contribution in [0, 0.1) is 0 Å². The van der Waals surface area contributed by atoms with Gasteiger partial charge in [-0.05, 0) is 13.3 Å². The molecule has 1 atom stereocenters. The SMILES string of the molecule is C.C=CC(C)(O)CCCCC. The van der Waals surface area contributed by atoms with E-state index in [1.165, 1.54) is 12.8 Å². The fourth-order valence-corrected chi connectivity index (χ4v) is 0.835. The van der Waals surface area contributed by atoms with Crippen molar-refractivity contribution in [3.8, 4) is 0 Å². The van der Waals surface area contributed by atoms with E-state index in [-0.39, 0.29) is 7.43 Å². The first-order valence-electron chi connectivity index (χ1n) is 3.98. The number of unbranched alkanes of at least 4 members (excludes halogenated alkanes) is 2. The van der Waals surface area contributed by atoms with Crippen LogP contribution in [-0.2, 0) is 0 Å². The van der Waals surface area contributed by atoms with Crippen molar-refractivity contribution < 1.29 is 5.11 Å². The van der Waals surface area contributed by atoms with E-state index in [1.807, 2.05) is 0 Å². The third-order valence-electron chi connectivity index (χ3n) is 1.73. The molecule has 0 spiro atoms. The van der Waals surface area contributed by atoms with Gasteiger partial charge in [-0.1, -0.05) is 39.7 Å². The molecular formula is C10H22O. The molecule has 0 saturated heterocycles. The molecule has 0 aliphatic carbocycles. The van der Waals surface area contributed by atoms with Crippen LogP contribution in [0.25, 0.3) is 0 Å². The zero-order valence-electron chi connectivity index (χ0n) is 7.06. The number of aliphatic hydroxyl groups is 1. The largest absolute Gasteiger partial charge is 0.386 e. The van der Waals surface area contributed by atoms with Gasteiger partial charge in [-0.15, -0.1) is 6.58 Å². The highest BCUT2D eigenvalue weighted by Gasteiger charge is 2.13. The van der Waals surface area contributed by atoms with Crippen LogP contribution < -0.4 is 0 Å². The maximum Gasteiger partial charge on any atom is 0.0797 e. The summed E-state index contributed by atoms with van der Waals surface area (Å²) in [7, 11) is 0. The highest BCUT2D eigenvalue weighted by molar-refractivity contribution is 4.90. The Labute approximate surface area is 71.1 Å². The van der Waals surface area contributed by atoms with Gasteiger partial charge in [-0.3, -0.25) is 0 Å². The van der Waals surface area contributed by atoms with Crippen molar-refractivity contribution in [2.75, 3.05) is 0 Å². The van der Waals surface area contributed by atoms with Crippen LogP contribution in [0.5, 0.6) is 0 Å². The van der Waals surface area contributed by atoms with Crippen molar-refractivity contribution in [1.29, 1.82) is 0 Å². The molecule has 11 heavy (non-hydrogen) atoms. The first-order valence-corrected chi connectivity index (χ1v) is 3.98. The van der Waals surface area contributed by atoms with E-state index in [9.17, 15) is 5.11 Å². The Balaban J connectivity index is 0. The van der Waals surface area contributed by atoms with Gasteiger partial charge >= 0.3 is 0 Å². The van der Waals surface area contributed by atoms with Crippen molar-refractivity contribution in [3.63, 3.8) is 0 Å². The van der Waals surface area contributed by atoms with E-state index >= 15 is 0 Å². The molecule has 0 aromatic heterocycles. The molecule has 0 bridgehead atoms. The second kappa shape index (κ2) is 6.41. The lowest BCUT2D eigenvalue weighted by atomic mass is 9.99. The van der Waals surface area contributed by atoms with Crippen LogP contribution >= 0.6 is 0 Å². The van der Waals surface area contributed by atoms with Gasteiger partial charge in [0.25, 0.3) is 0 Å². The van der Waals surface area contributed by atoms with Gasteiger partial charge in [0.2, 0.25) is 0 Å². The highest BCUT2D eigenvalue weighted by Crippen LogP contribution is 2.14. The summed E-state index contributed by atoms with van der Waals surface area (Å²) in [4.78, 5) is 0. The third kappa shape index (κ3) is 7.60. The van der Waals surface area contributed by atoms with Crippen LogP contribution in [0.4, 0.5) is 0 Å². The molecule has 68 valence electrons. The molecule has 1 N–H and O–H groups in total. The Bertz CT molecular complexity index is 95.0. The maximum atomic E-state index is 9.43. The van der Waals surface area contributed by atoms with Crippen LogP contribution in [0.15, 0.2) is 12.7 Å². The second-order valence-corrected chi connectivity index (χ2v) is 3.02. The molecule has 0 aliphatic rings. The second-order valence-electron chi connectivity index (χ2n) is 3.02. The van der Waals surface area contributed by atoms with Crippen LogP contribution in [0.3, 0.4) is 0 Å². The van der Waals surface area contributed by atoms with Gasteiger partial charge in [0.1, 0.15) is 0 Å². The lowest BCUT2D eigenvalue weighted by Gasteiger charge is -2.17. The summed E-state index contributed by atoms with van der Waals surface area (Å²) >= 11 is 0. The Morgan fingerprint density at radius 2 is 2.00 bits per heavy atom. The molecule has 0 radical (unpaired) electrons. The minimum Gasteiger partial charge on any atom is -0.386 e. The fourth-order valence-electron chi connectivity index (χ4n) is 0.835. The average molecular weight is 158 g/mol. The molecule has 0 rings (SSSR count). The zero-order valence-corrected chi connectivity index (χ0v) is 7.06. The summed E-state index contributed by atoms with van der Waals surface area (Å²) in [6.45, 7) is 7.52. The van der Waals surface area contributed by atoms with Crippen molar-refractivity contribution in [2.45, 2.75) is 52.6 Å². The van der Waals surface area contributed by atoms with Gasteiger partial charge < -0.3 is 5.11 Å². The lowest BCUT2D eigenvalue weighted by Crippen LogP contribution is -2.19. The molecule has 0 aliphatic heterocycles. The molecule has 0 aromatic rings. The van der Waals surface area contributed by atoms with Crippen molar-refractivity contribution in [1.82, 2.24) is 0 Å². The first kappa shape index (κ1) is 13.3. The molecule has 0 amide bonds. The average Bonchev–Trinajstić information content (AvgIpc) is 1.89. The lowest BCUT2D eigenvalue weighted by molar-refractivity contribution is 0.0990. The van der Waals surface area contributed by atoms with E-state index in [0.29, 0.717) is 0 Å². The normalized spacial score (nSPS) is 14.8. The summed E-state index contributed by atoms with van der Waals surface area (Å²) in [5.74, 6) is 0. The topological polar surface area (TPSA) is 20.2 Å². The van der Waals surface area contributed by atoms with E-state index in [1.54, 1.807) is 13.0 Å². The number of hydrogen-bond donors (Lipinski definition) is 1. The van der Waals surface area contributed by atoms with Gasteiger partial charge in [-0.2, -0.15) is 0 Å². The molecule has 0 saturated carbocycles. The third-order valence-corrected chi connectivity index (χ3v) is 1.73. The maximum absolute atomic E-state index is 9.43. The summed E-state index contributed by atoms with van der Waals surface area (Å²) in [5, 5.41) is 9.43. The Morgan fingerprint density at radius 3 is 2.36 bits per heavy atom. The fraction of sp³-hybridized carbons (Fsp3) is 0.800. The van der Waals surface area contributed by atoms with E-state index in [2.05, 4.69) is 13.5 Å². The summed E-state index contributed by atoms with van der Waals surface area (Å²) < 4.78 is 0. The summed E-state index contributed by atoms with van der Waals surface area (Å²) in [5.41, 5.74) is -0.644. The zero-order chi connectivity index (χ0) is 8.04. The minimum absolute atomic E-state index is 0. The molecule has 1 unspecified atom stereocenters. The Hall–Kier alpha value is -0.300. The highest BCUT2D eigenvalue weighted by atomic mass is 16.3. The first-order chi connectivity index (χ1) is 4.62. The number of hydrogen-bond acceptors (Lipinski definition) is 1. The minimum atomic E-state index is -0.644. The predicted octanol–water partition coefficient (Wildman–Crippen LogP) is 3.14. The molecule has 0 fully saturated rings. The van der Waals surface area contributed by atoms with Crippen molar-refractivity contribution >= 4 is 0 Å².